The van der Waals surface area contributed by atoms with E-state index in [0.717, 1.165) is 0 Å². The van der Waals surface area contributed by atoms with Gasteiger partial charge in [-0.1, -0.05) is 0 Å². The first-order valence-electron chi connectivity index (χ1n) is 9.44. The molecule has 0 aliphatic carbocycles. The molecule has 0 spiro atoms. The summed E-state index contributed by atoms with van der Waals surface area (Å²) in [7, 11) is 0. The van der Waals surface area contributed by atoms with Gasteiger partial charge in [0.2, 0.25) is 0 Å². The van der Waals surface area contributed by atoms with Crippen LogP contribution < -0.4 is 0 Å². The minimum absolute atomic E-state index is 0.492. The molecular weight excluding hydrogens is 470 g/mol. The van der Waals surface area contributed by atoms with Gasteiger partial charge >= 0.3 is 179 Å². The average Bonchev–Trinajstić information content (AvgIpc) is 2.79. The van der Waals surface area contributed by atoms with Gasteiger partial charge in [-0.25, -0.2) is 0 Å². The van der Waals surface area contributed by atoms with Gasteiger partial charge in [-0.15, -0.1) is 0 Å². The van der Waals surface area contributed by atoms with Crippen LogP contribution in [0.2, 0.25) is 0 Å². The summed E-state index contributed by atoms with van der Waals surface area (Å²) < 4.78 is 0. The monoisotopic (exact) mass is 494 g/mol. The molecule has 0 heterocycles. The van der Waals surface area contributed by atoms with Gasteiger partial charge in [0.15, 0.2) is 0 Å². The second kappa shape index (κ2) is 9.92. The molecule has 0 atom stereocenters. The Morgan fingerprint density at radius 3 is 0.750 bits per heavy atom. The van der Waals surface area contributed by atoms with Crippen molar-refractivity contribution >= 4 is 26.3 Å². The third-order valence-corrected chi connectivity index (χ3v) is 13.4. The van der Waals surface area contributed by atoms with E-state index in [9.17, 15) is 0 Å². The van der Waals surface area contributed by atoms with Gasteiger partial charge in [0, 0.05) is 0 Å². The zero-order valence-corrected chi connectivity index (χ0v) is 18.9. The normalized spacial score (nSPS) is 11.1. The maximum atomic E-state index is 2.29. The molecule has 28 heavy (non-hydrogen) atoms. The van der Waals surface area contributed by atoms with Crippen molar-refractivity contribution in [3.8, 4) is 0 Å². The Morgan fingerprint density at radius 1 is 0.321 bits per heavy atom. The van der Waals surface area contributed by atoms with Crippen LogP contribution in [-0.2, 0) is 0 Å². The quantitative estimate of drug-likeness (QED) is 0.283. The summed E-state index contributed by atoms with van der Waals surface area (Å²) in [5.41, 5.74) is 5.76. The molecule has 0 aliphatic rings. The van der Waals surface area contributed by atoms with Crippen molar-refractivity contribution < 1.29 is 0 Å². The molecule has 4 aromatic rings. The van der Waals surface area contributed by atoms with Gasteiger partial charge in [0.25, 0.3) is 0 Å². The molecule has 0 saturated carbocycles. The van der Waals surface area contributed by atoms with Gasteiger partial charge in [0.05, 0.1) is 0 Å². The summed E-state index contributed by atoms with van der Waals surface area (Å²) in [6, 6.07) is 44.1. The second-order valence-electron chi connectivity index (χ2n) is 6.60. The fraction of sp³-hybridized carbons (Fsp3) is 0.0769. The molecule has 0 unspecified atom stereocenters. The van der Waals surface area contributed by atoms with E-state index in [1.54, 1.807) is 0 Å². The first-order chi connectivity index (χ1) is 13.9. The van der Waals surface area contributed by atoms with Crippen LogP contribution in [-0.4, -0.2) is 26.3 Å². The van der Waals surface area contributed by atoms with Gasteiger partial charge in [-0.3, -0.25) is 0 Å². The predicted octanol–water partition coefficient (Wildman–Crippen LogP) is 5.89. The second-order valence-corrected chi connectivity index (χ2v) is 13.6. The Hall–Kier alpha value is -2.08. The van der Waals surface area contributed by atoms with E-state index >= 15 is 0 Å². The molecule has 0 fully saturated rings. The zero-order chi connectivity index (χ0) is 19.0. The molecule has 138 valence electrons. The van der Waals surface area contributed by atoms with Crippen LogP contribution in [0.15, 0.2) is 121 Å². The third kappa shape index (κ3) is 4.85. The Balaban J connectivity index is 1.64. The first kappa shape index (κ1) is 19.2. The SMILES string of the molecule is c1ccc(C([Se][Se]C(c2ccccc2)c2ccccc2)c2ccccc2)cc1. The van der Waals surface area contributed by atoms with E-state index in [1.165, 1.54) is 22.3 Å². The summed E-state index contributed by atoms with van der Waals surface area (Å²) in [5, 5.41) is 0. The molecule has 0 radical (unpaired) electrons. The van der Waals surface area contributed by atoms with Gasteiger partial charge < -0.3 is 0 Å². The zero-order valence-electron chi connectivity index (χ0n) is 15.5. The van der Waals surface area contributed by atoms with Crippen molar-refractivity contribution in [1.29, 1.82) is 0 Å². The van der Waals surface area contributed by atoms with Crippen molar-refractivity contribution in [2.45, 2.75) is 9.63 Å². The standard InChI is InChI=1S/C26H22Se2/c1-5-13-21(14-6-1)25(22-15-7-2-8-16-22)27-28-26(23-17-9-3-10-18-23)24-19-11-4-12-20-24/h1-20,25-26H. The van der Waals surface area contributed by atoms with Crippen molar-refractivity contribution in [1.82, 2.24) is 0 Å². The number of rotatable bonds is 7. The van der Waals surface area contributed by atoms with Crippen LogP contribution >= 0.6 is 0 Å². The van der Waals surface area contributed by atoms with E-state index in [-0.39, 0.29) is 0 Å². The van der Waals surface area contributed by atoms with Gasteiger partial charge in [0.1, 0.15) is 0 Å². The van der Waals surface area contributed by atoms with Crippen molar-refractivity contribution in [3.05, 3.63) is 144 Å². The van der Waals surface area contributed by atoms with E-state index < -0.39 is 0 Å². The van der Waals surface area contributed by atoms with Gasteiger partial charge in [-0.2, -0.15) is 0 Å². The summed E-state index contributed by atoms with van der Waals surface area (Å²) in [6.45, 7) is 0. The fourth-order valence-corrected chi connectivity index (χ4v) is 13.2. The fourth-order valence-electron chi connectivity index (χ4n) is 3.23. The van der Waals surface area contributed by atoms with E-state index in [1.807, 2.05) is 0 Å². The van der Waals surface area contributed by atoms with Crippen molar-refractivity contribution in [3.63, 3.8) is 0 Å². The summed E-state index contributed by atoms with van der Waals surface area (Å²) in [5.74, 6) is 0. The molecule has 0 saturated heterocycles. The van der Waals surface area contributed by atoms with Crippen LogP contribution in [0.4, 0.5) is 0 Å². The van der Waals surface area contributed by atoms with Crippen molar-refractivity contribution in [2.75, 3.05) is 0 Å². The molecule has 0 aromatic heterocycles. The van der Waals surface area contributed by atoms with Crippen molar-refractivity contribution in [2.24, 2.45) is 0 Å². The first-order valence-corrected chi connectivity index (χ1v) is 15.7. The van der Waals surface area contributed by atoms with Crippen LogP contribution in [0.5, 0.6) is 0 Å². The molecule has 4 rings (SSSR count). The topological polar surface area (TPSA) is 0 Å². The summed E-state index contributed by atoms with van der Waals surface area (Å²) in [6.07, 6.45) is 0. The number of benzene rings is 4. The van der Waals surface area contributed by atoms with Crippen LogP contribution in [0.1, 0.15) is 31.9 Å². The Kier molecular flexibility index (Phi) is 6.81. The van der Waals surface area contributed by atoms with E-state index in [0.29, 0.717) is 35.9 Å². The Labute approximate surface area is 178 Å². The predicted molar refractivity (Wildman–Crippen MR) is 121 cm³/mol. The number of hydrogen-bond acceptors (Lipinski definition) is 0. The molecule has 4 aromatic carbocycles. The van der Waals surface area contributed by atoms with E-state index in [4.69, 9.17) is 0 Å². The molecule has 0 nitrogen and oxygen atoms in total. The molecule has 0 bridgehead atoms. The average molecular weight is 492 g/mol. The summed E-state index contributed by atoms with van der Waals surface area (Å²) in [4.78, 5) is 1.01. The van der Waals surface area contributed by atoms with Crippen LogP contribution in [0.25, 0.3) is 0 Å². The number of hydrogen-bond donors (Lipinski definition) is 0. The molecule has 0 N–H and O–H groups in total. The molecular formula is C26H22Se2. The Bertz CT molecular complexity index is 792. The van der Waals surface area contributed by atoms with Crippen LogP contribution in [0, 0.1) is 0 Å². The molecule has 0 amide bonds. The van der Waals surface area contributed by atoms with E-state index in [2.05, 4.69) is 121 Å². The third-order valence-electron chi connectivity index (χ3n) is 4.66. The minimum atomic E-state index is 0.492. The summed E-state index contributed by atoms with van der Waals surface area (Å²) >= 11 is 0.984. The Morgan fingerprint density at radius 2 is 0.536 bits per heavy atom. The van der Waals surface area contributed by atoms with Crippen LogP contribution in [0.3, 0.4) is 0 Å². The maximum absolute atomic E-state index is 2.29. The molecule has 2 heteroatoms. The van der Waals surface area contributed by atoms with Gasteiger partial charge in [-0.05, 0) is 0 Å². The molecule has 0 aliphatic heterocycles.